The van der Waals surface area contributed by atoms with E-state index in [-0.39, 0.29) is 0 Å². The van der Waals surface area contributed by atoms with Crippen molar-refractivity contribution in [3.8, 4) is 17.0 Å². The molecule has 2 aromatic rings. The molecule has 0 aliphatic carbocycles. The first-order valence-corrected chi connectivity index (χ1v) is 6.64. The van der Waals surface area contributed by atoms with Crippen LogP contribution in [-0.2, 0) is 0 Å². The molecule has 1 N–H and O–H groups in total. The van der Waals surface area contributed by atoms with Gasteiger partial charge in [-0.3, -0.25) is 0 Å². The standard InChI is InChI=1S/C13H16N2OS/c1-3-14-13-15-11(9-17-13)10-7-5-6-8-12(10)16-4-2/h5-9H,3-4H2,1-2H3,(H,14,15). The highest BCUT2D eigenvalue weighted by molar-refractivity contribution is 7.14. The summed E-state index contributed by atoms with van der Waals surface area (Å²) in [7, 11) is 0. The highest BCUT2D eigenvalue weighted by atomic mass is 32.1. The average Bonchev–Trinajstić information content (AvgIpc) is 2.79. The van der Waals surface area contributed by atoms with Crippen molar-refractivity contribution >= 4 is 16.5 Å². The van der Waals surface area contributed by atoms with Crippen LogP contribution in [0, 0.1) is 0 Å². The molecule has 0 unspecified atom stereocenters. The Balaban J connectivity index is 2.31. The van der Waals surface area contributed by atoms with E-state index in [2.05, 4.69) is 22.6 Å². The first-order valence-electron chi connectivity index (χ1n) is 5.76. The average molecular weight is 248 g/mol. The van der Waals surface area contributed by atoms with Gasteiger partial charge in [-0.1, -0.05) is 12.1 Å². The number of para-hydroxylation sites is 1. The molecule has 0 atom stereocenters. The van der Waals surface area contributed by atoms with Gasteiger partial charge in [0.15, 0.2) is 5.13 Å². The number of benzene rings is 1. The van der Waals surface area contributed by atoms with E-state index in [0.717, 1.165) is 28.7 Å². The molecule has 0 aliphatic heterocycles. The molecule has 0 spiro atoms. The first kappa shape index (κ1) is 11.9. The second-order valence-electron chi connectivity index (χ2n) is 3.50. The molecule has 17 heavy (non-hydrogen) atoms. The highest BCUT2D eigenvalue weighted by Gasteiger charge is 2.09. The Labute approximate surface area is 105 Å². The first-order chi connectivity index (χ1) is 8.35. The molecule has 0 saturated heterocycles. The minimum absolute atomic E-state index is 0.668. The summed E-state index contributed by atoms with van der Waals surface area (Å²) in [5.41, 5.74) is 2.02. The summed E-state index contributed by atoms with van der Waals surface area (Å²) in [6.07, 6.45) is 0. The maximum atomic E-state index is 5.60. The van der Waals surface area contributed by atoms with Crippen molar-refractivity contribution in [1.29, 1.82) is 0 Å². The maximum absolute atomic E-state index is 5.60. The lowest BCUT2D eigenvalue weighted by Crippen LogP contribution is -1.96. The Morgan fingerprint density at radius 2 is 2.12 bits per heavy atom. The lowest BCUT2D eigenvalue weighted by Gasteiger charge is -2.07. The van der Waals surface area contributed by atoms with Crippen LogP contribution in [0.3, 0.4) is 0 Å². The third kappa shape index (κ3) is 2.77. The predicted molar refractivity (Wildman–Crippen MR) is 72.9 cm³/mol. The van der Waals surface area contributed by atoms with Gasteiger partial charge in [0, 0.05) is 17.5 Å². The molecule has 4 heteroatoms. The minimum Gasteiger partial charge on any atom is -0.493 e. The Bertz CT molecular complexity index is 482. The number of nitrogens with zero attached hydrogens (tertiary/aromatic N) is 1. The lowest BCUT2D eigenvalue weighted by atomic mass is 10.1. The van der Waals surface area contributed by atoms with Crippen LogP contribution < -0.4 is 10.1 Å². The molecule has 0 radical (unpaired) electrons. The Hall–Kier alpha value is -1.55. The third-order valence-corrected chi connectivity index (χ3v) is 3.10. The number of anilines is 1. The van der Waals surface area contributed by atoms with Gasteiger partial charge >= 0.3 is 0 Å². The fourth-order valence-corrected chi connectivity index (χ4v) is 2.37. The molecule has 2 rings (SSSR count). The fraction of sp³-hybridized carbons (Fsp3) is 0.308. The van der Waals surface area contributed by atoms with Gasteiger partial charge in [-0.2, -0.15) is 0 Å². The van der Waals surface area contributed by atoms with Crippen molar-refractivity contribution < 1.29 is 4.74 Å². The minimum atomic E-state index is 0.668. The molecule has 0 fully saturated rings. The number of hydrogen-bond donors (Lipinski definition) is 1. The van der Waals surface area contributed by atoms with Crippen LogP contribution in [0.4, 0.5) is 5.13 Å². The van der Waals surface area contributed by atoms with Crippen LogP contribution in [0.5, 0.6) is 5.75 Å². The summed E-state index contributed by atoms with van der Waals surface area (Å²) >= 11 is 1.62. The van der Waals surface area contributed by atoms with Crippen molar-refractivity contribution in [2.75, 3.05) is 18.5 Å². The van der Waals surface area contributed by atoms with Crippen molar-refractivity contribution in [2.45, 2.75) is 13.8 Å². The van der Waals surface area contributed by atoms with Crippen LogP contribution in [0.15, 0.2) is 29.6 Å². The zero-order chi connectivity index (χ0) is 12.1. The van der Waals surface area contributed by atoms with Gasteiger partial charge in [0.05, 0.1) is 12.3 Å². The lowest BCUT2D eigenvalue weighted by molar-refractivity contribution is 0.341. The summed E-state index contributed by atoms with van der Waals surface area (Å²) in [4.78, 5) is 4.54. The molecule has 3 nitrogen and oxygen atoms in total. The quantitative estimate of drug-likeness (QED) is 0.877. The van der Waals surface area contributed by atoms with Gasteiger partial charge in [-0.25, -0.2) is 4.98 Å². The molecular weight excluding hydrogens is 232 g/mol. The van der Waals surface area contributed by atoms with Gasteiger partial charge in [-0.05, 0) is 26.0 Å². The number of hydrogen-bond acceptors (Lipinski definition) is 4. The Morgan fingerprint density at radius 1 is 1.29 bits per heavy atom. The van der Waals surface area contributed by atoms with Gasteiger partial charge in [0.25, 0.3) is 0 Å². The normalized spacial score (nSPS) is 10.2. The van der Waals surface area contributed by atoms with Gasteiger partial charge < -0.3 is 10.1 Å². The van der Waals surface area contributed by atoms with E-state index in [1.165, 1.54) is 0 Å². The molecular formula is C13H16N2OS. The van der Waals surface area contributed by atoms with Crippen molar-refractivity contribution in [3.63, 3.8) is 0 Å². The van der Waals surface area contributed by atoms with Gasteiger partial charge in [-0.15, -0.1) is 11.3 Å². The second kappa shape index (κ2) is 5.68. The number of ether oxygens (including phenoxy) is 1. The maximum Gasteiger partial charge on any atom is 0.183 e. The number of aromatic nitrogens is 1. The molecule has 0 aliphatic rings. The van der Waals surface area contributed by atoms with E-state index < -0.39 is 0 Å². The second-order valence-corrected chi connectivity index (χ2v) is 4.36. The van der Waals surface area contributed by atoms with E-state index in [4.69, 9.17) is 4.74 Å². The summed E-state index contributed by atoms with van der Waals surface area (Å²) < 4.78 is 5.60. The molecule has 0 amide bonds. The van der Waals surface area contributed by atoms with Crippen LogP contribution in [-0.4, -0.2) is 18.1 Å². The summed E-state index contributed by atoms with van der Waals surface area (Å²) in [6, 6.07) is 8.00. The monoisotopic (exact) mass is 248 g/mol. The van der Waals surface area contributed by atoms with E-state index in [9.17, 15) is 0 Å². The summed E-state index contributed by atoms with van der Waals surface area (Å²) in [6.45, 7) is 5.61. The fourth-order valence-electron chi connectivity index (χ4n) is 1.59. The third-order valence-electron chi connectivity index (χ3n) is 2.30. The Morgan fingerprint density at radius 3 is 2.88 bits per heavy atom. The zero-order valence-corrected chi connectivity index (χ0v) is 10.9. The summed E-state index contributed by atoms with van der Waals surface area (Å²) in [5, 5.41) is 6.22. The molecule has 90 valence electrons. The van der Waals surface area contributed by atoms with Crippen molar-refractivity contribution in [2.24, 2.45) is 0 Å². The van der Waals surface area contributed by atoms with Gasteiger partial charge in [0.2, 0.25) is 0 Å². The van der Waals surface area contributed by atoms with Gasteiger partial charge in [0.1, 0.15) is 5.75 Å². The molecule has 1 heterocycles. The largest absolute Gasteiger partial charge is 0.493 e. The Kier molecular flexibility index (Phi) is 3.98. The molecule has 0 saturated carbocycles. The van der Waals surface area contributed by atoms with Crippen LogP contribution in [0.2, 0.25) is 0 Å². The van der Waals surface area contributed by atoms with E-state index in [0.29, 0.717) is 6.61 Å². The topological polar surface area (TPSA) is 34.2 Å². The number of rotatable bonds is 5. The summed E-state index contributed by atoms with van der Waals surface area (Å²) in [5.74, 6) is 0.892. The van der Waals surface area contributed by atoms with Crippen molar-refractivity contribution in [3.05, 3.63) is 29.6 Å². The number of nitrogens with one attached hydrogen (secondary N) is 1. The molecule has 0 bridgehead atoms. The van der Waals surface area contributed by atoms with E-state index in [1.807, 2.05) is 31.2 Å². The smallest absolute Gasteiger partial charge is 0.183 e. The molecule has 1 aromatic carbocycles. The van der Waals surface area contributed by atoms with E-state index >= 15 is 0 Å². The van der Waals surface area contributed by atoms with E-state index in [1.54, 1.807) is 11.3 Å². The zero-order valence-electron chi connectivity index (χ0n) is 10.1. The SMILES string of the molecule is CCNc1nc(-c2ccccc2OCC)cs1. The molecule has 1 aromatic heterocycles. The predicted octanol–water partition coefficient (Wildman–Crippen LogP) is 3.64. The van der Waals surface area contributed by atoms with Crippen molar-refractivity contribution in [1.82, 2.24) is 4.98 Å². The van der Waals surface area contributed by atoms with Crippen LogP contribution >= 0.6 is 11.3 Å². The number of thiazole rings is 1. The van der Waals surface area contributed by atoms with Crippen LogP contribution in [0.25, 0.3) is 11.3 Å². The highest BCUT2D eigenvalue weighted by Crippen LogP contribution is 2.31. The van der Waals surface area contributed by atoms with Crippen LogP contribution in [0.1, 0.15) is 13.8 Å².